The monoisotopic (exact) mass is 710 g/mol. The molecule has 2 N–H and O–H groups in total. The van der Waals surface area contributed by atoms with Gasteiger partial charge in [0.25, 0.3) is 0 Å². The van der Waals surface area contributed by atoms with Gasteiger partial charge in [0.2, 0.25) is 0 Å². The van der Waals surface area contributed by atoms with E-state index in [0.29, 0.717) is 24.4 Å². The Morgan fingerprint density at radius 3 is 1.92 bits per heavy atom. The van der Waals surface area contributed by atoms with Crippen LogP contribution >= 0.6 is 0 Å². The van der Waals surface area contributed by atoms with Crippen LogP contribution in [-0.2, 0) is 22.3 Å². The Morgan fingerprint density at radius 2 is 1.43 bits per heavy atom. The zero-order valence-electron chi connectivity index (χ0n) is 33.3. The van der Waals surface area contributed by atoms with Gasteiger partial charge in [0.15, 0.2) is 0 Å². The average Bonchev–Trinajstić information content (AvgIpc) is 3.64. The molecule has 2 saturated heterocycles. The maximum absolute atomic E-state index is 12.4. The number of likely N-dealkylation sites (tertiary alicyclic amines) is 1. The van der Waals surface area contributed by atoms with Crippen LogP contribution in [0.1, 0.15) is 92.7 Å². The van der Waals surface area contributed by atoms with Gasteiger partial charge in [-0.05, 0) is 121 Å². The Bertz CT molecular complexity index is 1350. The molecule has 2 aromatic rings. The maximum atomic E-state index is 12.4. The van der Waals surface area contributed by atoms with E-state index >= 15 is 0 Å². The van der Waals surface area contributed by atoms with E-state index in [4.69, 9.17) is 18.9 Å². The summed E-state index contributed by atoms with van der Waals surface area (Å²) >= 11 is 0. The van der Waals surface area contributed by atoms with E-state index in [0.717, 1.165) is 61.8 Å². The zero-order chi connectivity index (χ0) is 38.2. The molecular weight excluding hydrogens is 642 g/mol. The van der Waals surface area contributed by atoms with Crippen molar-refractivity contribution in [2.24, 2.45) is 17.8 Å². The fraction of sp³-hybridized carbons (Fsp3) is 0.619. The quantitative estimate of drug-likeness (QED) is 0.238. The van der Waals surface area contributed by atoms with E-state index < -0.39 is 11.2 Å². The van der Waals surface area contributed by atoms with E-state index in [9.17, 15) is 9.59 Å². The predicted octanol–water partition coefficient (Wildman–Crippen LogP) is 8.84. The summed E-state index contributed by atoms with van der Waals surface area (Å²) in [4.78, 5) is 25.5. The third-order valence-electron chi connectivity index (χ3n) is 9.13. The third kappa shape index (κ3) is 16.0. The minimum absolute atomic E-state index is 0.158. The normalized spacial score (nSPS) is 20.5. The van der Waals surface area contributed by atoms with Crippen molar-refractivity contribution in [3.05, 3.63) is 72.3 Å². The summed E-state index contributed by atoms with van der Waals surface area (Å²) < 4.78 is 21.4. The highest BCUT2D eigenvalue weighted by Gasteiger charge is 2.37. The van der Waals surface area contributed by atoms with Gasteiger partial charge < -0.3 is 34.5 Å². The number of carbonyl (C=O) groups is 2. The van der Waals surface area contributed by atoms with Gasteiger partial charge in [-0.1, -0.05) is 63.2 Å². The van der Waals surface area contributed by atoms with Crippen LogP contribution in [-0.4, -0.2) is 74.2 Å². The molecule has 9 heteroatoms. The third-order valence-corrected chi connectivity index (χ3v) is 9.13. The molecule has 51 heavy (non-hydrogen) atoms. The van der Waals surface area contributed by atoms with Gasteiger partial charge in [-0.3, -0.25) is 0 Å². The highest BCUT2D eigenvalue weighted by Crippen LogP contribution is 2.31. The van der Waals surface area contributed by atoms with Crippen molar-refractivity contribution in [1.29, 1.82) is 0 Å². The Labute approximate surface area is 308 Å². The average molecular weight is 710 g/mol. The first-order valence-electron chi connectivity index (χ1n) is 18.5. The number of nitrogens with one attached hydrogen (secondary N) is 2. The molecule has 0 saturated carbocycles. The number of alkyl carbamates (subject to hydrolysis) is 1. The van der Waals surface area contributed by atoms with Crippen LogP contribution in [0.4, 0.5) is 9.59 Å². The van der Waals surface area contributed by atoms with Crippen molar-refractivity contribution in [2.45, 2.75) is 118 Å². The number of methoxy groups -OCH3 is 2. The van der Waals surface area contributed by atoms with Crippen LogP contribution in [0.3, 0.4) is 0 Å². The molecule has 0 spiro atoms. The molecule has 4 rings (SSSR count). The van der Waals surface area contributed by atoms with Crippen molar-refractivity contribution >= 4 is 12.2 Å². The second-order valence-electron chi connectivity index (χ2n) is 15.8. The molecule has 0 aliphatic carbocycles. The fourth-order valence-electron chi connectivity index (χ4n) is 6.08. The number of ether oxygens (including phenoxy) is 4. The summed E-state index contributed by atoms with van der Waals surface area (Å²) in [6.45, 7) is 24.0. The summed E-state index contributed by atoms with van der Waals surface area (Å²) in [5.41, 5.74) is 1.56. The molecule has 286 valence electrons. The Morgan fingerprint density at radius 1 is 0.882 bits per heavy atom. The zero-order valence-corrected chi connectivity index (χ0v) is 33.3. The number of hydrogen-bond acceptors (Lipinski definition) is 7. The summed E-state index contributed by atoms with van der Waals surface area (Å²) in [5.74, 6) is 3.54. The molecule has 9 nitrogen and oxygen atoms in total. The molecule has 2 aliphatic rings. The number of nitrogens with zero attached hydrogens (tertiary/aromatic N) is 1. The highest BCUT2D eigenvalue weighted by molar-refractivity contribution is 5.69. The number of para-hydroxylation sites is 2. The molecule has 0 aromatic heterocycles. The van der Waals surface area contributed by atoms with Gasteiger partial charge in [-0.2, -0.15) is 0 Å². The van der Waals surface area contributed by atoms with Gasteiger partial charge >= 0.3 is 12.2 Å². The van der Waals surface area contributed by atoms with E-state index in [-0.39, 0.29) is 18.2 Å². The van der Waals surface area contributed by atoms with Gasteiger partial charge in [0, 0.05) is 25.2 Å². The SMILES string of the molecule is C=CC(C)CCNC(=O)OC(C)(C)C.COc1ccccc1C[C@@H]1NCC[C@H]1C.COc1ccccc1C[C@H]1[C@H](C)CCN1C(=O)OC(C)(C)C. The lowest BCUT2D eigenvalue weighted by Gasteiger charge is -2.30. The van der Waals surface area contributed by atoms with Crippen LogP contribution in [0.5, 0.6) is 11.5 Å². The van der Waals surface area contributed by atoms with Crippen LogP contribution in [0.15, 0.2) is 61.2 Å². The standard InChI is InChI=1S/C18H27NO3.C13H19NO.C11H21NO2/c1-13-10-11-19(17(20)22-18(2,3)4)15(13)12-14-8-6-7-9-16(14)21-5;1-10-7-8-14-12(10)9-11-5-3-4-6-13(11)15-2;1-6-9(2)7-8-12-10(13)14-11(3,4)5/h6-9,13,15H,10-12H2,1-5H3;3-6,10,12,14H,7-9H2,1-2H3;6,9H,1,7-8H2,2-5H3,(H,12,13)/t13-,15+;10-,12+;/m11./s1. The molecule has 0 radical (unpaired) electrons. The molecular formula is C42H67N3O6. The number of amides is 2. The smallest absolute Gasteiger partial charge is 0.410 e. The first-order chi connectivity index (χ1) is 24.0. The second-order valence-corrected chi connectivity index (χ2v) is 15.8. The summed E-state index contributed by atoms with van der Waals surface area (Å²) in [7, 11) is 3.42. The lowest BCUT2D eigenvalue weighted by molar-refractivity contribution is 0.0210. The number of carbonyl (C=O) groups excluding carboxylic acids is 2. The van der Waals surface area contributed by atoms with Crippen molar-refractivity contribution in [3.8, 4) is 11.5 Å². The van der Waals surface area contributed by atoms with Crippen LogP contribution in [0, 0.1) is 17.8 Å². The molecule has 5 atom stereocenters. The molecule has 0 bridgehead atoms. The highest BCUT2D eigenvalue weighted by atomic mass is 16.6. The van der Waals surface area contributed by atoms with Crippen molar-refractivity contribution in [3.63, 3.8) is 0 Å². The van der Waals surface area contributed by atoms with E-state index in [1.54, 1.807) is 14.2 Å². The first kappa shape index (κ1) is 43.4. The van der Waals surface area contributed by atoms with Gasteiger partial charge in [-0.15, -0.1) is 6.58 Å². The summed E-state index contributed by atoms with van der Waals surface area (Å²) in [6, 6.07) is 17.1. The fourth-order valence-corrected chi connectivity index (χ4v) is 6.08. The van der Waals surface area contributed by atoms with E-state index in [1.807, 2.05) is 82.9 Å². The molecule has 2 aromatic carbocycles. The molecule has 2 heterocycles. The Kier molecular flexibility index (Phi) is 17.9. The number of benzene rings is 2. The molecule has 2 fully saturated rings. The van der Waals surface area contributed by atoms with Crippen molar-refractivity contribution < 1.29 is 28.5 Å². The van der Waals surface area contributed by atoms with Crippen LogP contribution in [0.2, 0.25) is 0 Å². The van der Waals surface area contributed by atoms with Gasteiger partial charge in [0.1, 0.15) is 22.7 Å². The number of rotatable bonds is 10. The first-order valence-corrected chi connectivity index (χ1v) is 18.5. The molecule has 2 aliphatic heterocycles. The topological polar surface area (TPSA) is 98.4 Å². The van der Waals surface area contributed by atoms with E-state index in [1.165, 1.54) is 12.0 Å². The summed E-state index contributed by atoms with van der Waals surface area (Å²) in [6.07, 6.45) is 6.37. The second kappa shape index (κ2) is 21.0. The minimum Gasteiger partial charge on any atom is -0.496 e. The lowest BCUT2D eigenvalue weighted by atomic mass is 9.95. The summed E-state index contributed by atoms with van der Waals surface area (Å²) in [5, 5.41) is 6.25. The van der Waals surface area contributed by atoms with E-state index in [2.05, 4.69) is 56.2 Å². The lowest BCUT2D eigenvalue weighted by Crippen LogP contribution is -2.42. The minimum atomic E-state index is -0.460. The Balaban J connectivity index is 0.000000275. The predicted molar refractivity (Wildman–Crippen MR) is 208 cm³/mol. The molecule has 1 unspecified atom stereocenters. The van der Waals surface area contributed by atoms with Crippen molar-refractivity contribution in [1.82, 2.24) is 15.5 Å². The maximum Gasteiger partial charge on any atom is 0.410 e. The van der Waals surface area contributed by atoms with Gasteiger partial charge in [-0.25, -0.2) is 9.59 Å². The Hall–Kier alpha value is -3.72. The van der Waals surface area contributed by atoms with Crippen LogP contribution in [0.25, 0.3) is 0 Å². The number of allylic oxidation sites excluding steroid dienone is 1. The molecule has 2 amide bonds. The van der Waals surface area contributed by atoms with Crippen LogP contribution < -0.4 is 20.1 Å². The van der Waals surface area contributed by atoms with Crippen molar-refractivity contribution in [2.75, 3.05) is 33.9 Å². The largest absolute Gasteiger partial charge is 0.496 e. The van der Waals surface area contributed by atoms with Gasteiger partial charge in [0.05, 0.1) is 14.2 Å². The number of hydrogen-bond donors (Lipinski definition) is 2.